The molecule has 0 amide bonds. The Bertz CT molecular complexity index is 190. The summed E-state index contributed by atoms with van der Waals surface area (Å²) in [6, 6.07) is 0.258. The predicted octanol–water partition coefficient (Wildman–Crippen LogP) is 0.798. The van der Waals surface area contributed by atoms with Crippen LogP contribution in [-0.4, -0.2) is 29.8 Å². The molecule has 68 valence electrons. The smallest absolute Gasteiger partial charge is 0.0588 e. The molecule has 1 fully saturated rings. The fraction of sp³-hybridized carbons (Fsp3) is 1.00. The third-order valence-electron chi connectivity index (χ3n) is 2.33. The number of hydrogen-bond acceptors (Lipinski definition) is 3. The molecule has 0 aromatic heterocycles. The first-order valence-corrected chi connectivity index (χ1v) is 4.23. The monoisotopic (exact) mass is 170 g/mol. The molecule has 1 heterocycles. The summed E-state index contributed by atoms with van der Waals surface area (Å²) in [7, 11) is 0. The number of rotatable bonds is 3. The summed E-state index contributed by atoms with van der Waals surface area (Å²) < 4.78 is 0. The van der Waals surface area contributed by atoms with Crippen LogP contribution in [0.5, 0.6) is 0 Å². The second-order valence-corrected chi connectivity index (χ2v) is 3.07. The Morgan fingerprint density at radius 2 is 2.50 bits per heavy atom. The van der Waals surface area contributed by atoms with Crippen LogP contribution in [0.1, 0.15) is 19.8 Å². The zero-order valence-corrected chi connectivity index (χ0v) is 7.14. The van der Waals surface area contributed by atoms with E-state index < -0.39 is 0 Å². The lowest BCUT2D eigenvalue weighted by Crippen LogP contribution is -2.35. The summed E-state index contributed by atoms with van der Waals surface area (Å²) in [5, 5.41) is 15.8. The summed E-state index contributed by atoms with van der Waals surface area (Å²) in [5.74, 6) is 0. The van der Waals surface area contributed by atoms with Gasteiger partial charge < -0.3 is 10.4 Å². The number of aliphatic hydroxyl groups is 1. The van der Waals surface area contributed by atoms with Gasteiger partial charge in [-0.15, -0.1) is 0 Å². The molecule has 0 aromatic carbocycles. The van der Waals surface area contributed by atoms with E-state index in [1.54, 1.807) is 0 Å². The fourth-order valence-corrected chi connectivity index (χ4v) is 1.59. The molecule has 1 saturated heterocycles. The molecule has 1 aliphatic rings. The summed E-state index contributed by atoms with van der Waals surface area (Å²) >= 11 is 0. The molecule has 5 nitrogen and oxygen atoms in total. The first-order chi connectivity index (χ1) is 5.81. The van der Waals surface area contributed by atoms with E-state index in [0.29, 0.717) is 6.04 Å². The van der Waals surface area contributed by atoms with E-state index in [0.717, 1.165) is 12.8 Å². The highest BCUT2D eigenvalue weighted by atomic mass is 16.3. The first kappa shape index (κ1) is 9.32. The van der Waals surface area contributed by atoms with Crippen molar-refractivity contribution in [1.82, 2.24) is 5.32 Å². The maximum atomic E-state index is 8.93. The molecule has 2 N–H and O–H groups in total. The zero-order valence-electron chi connectivity index (χ0n) is 7.14. The van der Waals surface area contributed by atoms with Crippen LogP contribution in [0, 0.1) is 0 Å². The van der Waals surface area contributed by atoms with Crippen molar-refractivity contribution in [3.63, 3.8) is 0 Å². The number of nitrogens with zero attached hydrogens (tertiary/aromatic N) is 3. The van der Waals surface area contributed by atoms with Gasteiger partial charge in [-0.05, 0) is 18.4 Å². The summed E-state index contributed by atoms with van der Waals surface area (Å²) in [6.45, 7) is 2.12. The van der Waals surface area contributed by atoms with Gasteiger partial charge in [0.25, 0.3) is 0 Å². The highest BCUT2D eigenvalue weighted by Crippen LogP contribution is 2.18. The van der Waals surface area contributed by atoms with Crippen molar-refractivity contribution in [3.05, 3.63) is 10.4 Å². The minimum atomic E-state index is -0.0788. The van der Waals surface area contributed by atoms with Gasteiger partial charge in [0, 0.05) is 17.0 Å². The lowest BCUT2D eigenvalue weighted by molar-refractivity contribution is 0.243. The summed E-state index contributed by atoms with van der Waals surface area (Å²) in [5.41, 5.74) is 8.25. The van der Waals surface area contributed by atoms with Crippen molar-refractivity contribution in [2.75, 3.05) is 6.61 Å². The van der Waals surface area contributed by atoms with Crippen molar-refractivity contribution in [3.8, 4) is 0 Å². The molecule has 0 aliphatic carbocycles. The summed E-state index contributed by atoms with van der Waals surface area (Å²) in [4.78, 5) is 2.76. The average Bonchev–Trinajstić information content (AvgIpc) is 2.48. The highest BCUT2D eigenvalue weighted by Gasteiger charge is 2.31. The van der Waals surface area contributed by atoms with E-state index in [4.69, 9.17) is 10.6 Å². The molecule has 12 heavy (non-hydrogen) atoms. The number of aliphatic hydroxyl groups excluding tert-OH is 1. The van der Waals surface area contributed by atoms with E-state index in [1.807, 2.05) is 0 Å². The van der Waals surface area contributed by atoms with Crippen LogP contribution in [0.15, 0.2) is 5.11 Å². The molecule has 3 atom stereocenters. The molecule has 0 saturated carbocycles. The molecule has 1 rings (SSSR count). The van der Waals surface area contributed by atoms with Gasteiger partial charge in [0.2, 0.25) is 0 Å². The van der Waals surface area contributed by atoms with Gasteiger partial charge in [0.05, 0.1) is 12.6 Å². The third kappa shape index (κ3) is 1.88. The van der Waals surface area contributed by atoms with E-state index in [9.17, 15) is 0 Å². The van der Waals surface area contributed by atoms with Crippen molar-refractivity contribution in [2.24, 2.45) is 5.11 Å². The van der Waals surface area contributed by atoms with Gasteiger partial charge in [-0.2, -0.15) is 0 Å². The van der Waals surface area contributed by atoms with Crippen molar-refractivity contribution in [2.45, 2.75) is 37.9 Å². The molecule has 0 bridgehead atoms. The van der Waals surface area contributed by atoms with Gasteiger partial charge in [0.15, 0.2) is 0 Å². The standard InChI is InChI=1S/C7H14N4O/c1-2-5-3-6(10-11-8)7(4-12)9-5/h5-7,9,12H,2-4H2,1H3/t5-,6-,7+/m0/s1. The molecule has 0 spiro atoms. The van der Waals surface area contributed by atoms with Crippen molar-refractivity contribution < 1.29 is 5.11 Å². The van der Waals surface area contributed by atoms with Gasteiger partial charge in [-0.1, -0.05) is 12.0 Å². The van der Waals surface area contributed by atoms with Crippen LogP contribution >= 0.6 is 0 Å². The Morgan fingerprint density at radius 1 is 1.75 bits per heavy atom. The Balaban J connectivity index is 2.55. The molecular weight excluding hydrogens is 156 g/mol. The molecule has 0 radical (unpaired) electrons. The first-order valence-electron chi connectivity index (χ1n) is 4.23. The van der Waals surface area contributed by atoms with Crippen LogP contribution in [0.2, 0.25) is 0 Å². The minimum absolute atomic E-state index is 0.0419. The SMILES string of the molecule is CC[C@H]1C[C@H](N=[N+]=[N-])[C@@H](CO)N1. The lowest BCUT2D eigenvalue weighted by atomic mass is 10.1. The van der Waals surface area contributed by atoms with E-state index in [1.165, 1.54) is 0 Å². The predicted molar refractivity (Wildman–Crippen MR) is 45.6 cm³/mol. The second kappa shape index (κ2) is 4.30. The van der Waals surface area contributed by atoms with Gasteiger partial charge >= 0.3 is 0 Å². The summed E-state index contributed by atoms with van der Waals surface area (Å²) in [6.07, 6.45) is 1.85. The Hall–Kier alpha value is -0.770. The largest absolute Gasteiger partial charge is 0.395 e. The Kier molecular flexibility index (Phi) is 3.34. The minimum Gasteiger partial charge on any atom is -0.395 e. The average molecular weight is 170 g/mol. The molecule has 1 aliphatic heterocycles. The van der Waals surface area contributed by atoms with Crippen LogP contribution in [0.4, 0.5) is 0 Å². The third-order valence-corrected chi connectivity index (χ3v) is 2.33. The normalized spacial score (nSPS) is 34.7. The van der Waals surface area contributed by atoms with Crippen LogP contribution in [0.3, 0.4) is 0 Å². The number of nitrogens with one attached hydrogen (secondary N) is 1. The van der Waals surface area contributed by atoms with Crippen molar-refractivity contribution >= 4 is 0 Å². The highest BCUT2D eigenvalue weighted by molar-refractivity contribution is 4.94. The molecular formula is C7H14N4O. The van der Waals surface area contributed by atoms with Gasteiger partial charge in [-0.3, -0.25) is 0 Å². The number of hydrogen-bond donors (Lipinski definition) is 2. The van der Waals surface area contributed by atoms with Crippen molar-refractivity contribution in [1.29, 1.82) is 0 Å². The lowest BCUT2D eigenvalue weighted by Gasteiger charge is -2.11. The maximum absolute atomic E-state index is 8.93. The van der Waals surface area contributed by atoms with E-state index in [2.05, 4.69) is 22.3 Å². The van der Waals surface area contributed by atoms with Crippen LogP contribution in [0.25, 0.3) is 10.4 Å². The van der Waals surface area contributed by atoms with E-state index in [-0.39, 0.29) is 18.7 Å². The van der Waals surface area contributed by atoms with Gasteiger partial charge in [0.1, 0.15) is 0 Å². The van der Waals surface area contributed by atoms with Crippen LogP contribution in [-0.2, 0) is 0 Å². The van der Waals surface area contributed by atoms with Crippen LogP contribution < -0.4 is 5.32 Å². The molecule has 0 unspecified atom stereocenters. The quantitative estimate of drug-likeness (QED) is 0.373. The number of azide groups is 1. The molecule has 0 aromatic rings. The fourth-order valence-electron chi connectivity index (χ4n) is 1.59. The topological polar surface area (TPSA) is 81.0 Å². The maximum Gasteiger partial charge on any atom is 0.0588 e. The Labute approximate surface area is 71.4 Å². The van der Waals surface area contributed by atoms with E-state index >= 15 is 0 Å². The van der Waals surface area contributed by atoms with Gasteiger partial charge in [-0.25, -0.2) is 0 Å². The Morgan fingerprint density at radius 3 is 3.00 bits per heavy atom. The zero-order chi connectivity index (χ0) is 8.97. The molecule has 5 heteroatoms. The second-order valence-electron chi connectivity index (χ2n) is 3.07.